The van der Waals surface area contributed by atoms with Crippen LogP contribution in [0.25, 0.3) is 0 Å². The molecule has 1 N–H and O–H groups in total. The van der Waals surface area contributed by atoms with Gasteiger partial charge in [-0.05, 0) is 33.1 Å². The Balaban J connectivity index is 2.03. The Morgan fingerprint density at radius 1 is 1.38 bits per heavy atom. The average molecular weight is 404 g/mol. The maximum atomic E-state index is 12.5. The number of nitrogens with one attached hydrogen (secondary N) is 1. The Hall–Kier alpha value is -1.52. The van der Waals surface area contributed by atoms with Crippen molar-refractivity contribution in [2.75, 3.05) is 30.8 Å². The molecule has 1 amide bonds. The third-order valence-corrected chi connectivity index (χ3v) is 7.19. The Morgan fingerprint density at radius 3 is 2.77 bits per heavy atom. The van der Waals surface area contributed by atoms with Crippen molar-refractivity contribution in [1.82, 2.24) is 9.29 Å². The lowest BCUT2D eigenvalue weighted by Crippen LogP contribution is -2.44. The Labute approximate surface area is 158 Å². The first-order valence-electron chi connectivity index (χ1n) is 8.71. The van der Waals surface area contributed by atoms with E-state index in [2.05, 4.69) is 10.3 Å². The van der Waals surface area contributed by atoms with Crippen LogP contribution in [0.1, 0.15) is 48.5 Å². The fourth-order valence-corrected chi connectivity index (χ4v) is 5.29. The van der Waals surface area contributed by atoms with Crippen LogP contribution in [0.5, 0.6) is 0 Å². The quantitative estimate of drug-likeness (QED) is 0.698. The van der Waals surface area contributed by atoms with Gasteiger partial charge < -0.3 is 10.1 Å². The van der Waals surface area contributed by atoms with E-state index in [0.717, 1.165) is 11.3 Å². The minimum Gasteiger partial charge on any atom is -0.462 e. The van der Waals surface area contributed by atoms with Crippen molar-refractivity contribution in [2.45, 2.75) is 40.0 Å². The number of carbonyl (C=O) groups is 2. The van der Waals surface area contributed by atoms with E-state index in [-0.39, 0.29) is 24.8 Å². The maximum Gasteiger partial charge on any atom is 0.350 e. The van der Waals surface area contributed by atoms with E-state index >= 15 is 0 Å². The zero-order valence-corrected chi connectivity index (χ0v) is 16.9. The second kappa shape index (κ2) is 8.92. The van der Waals surface area contributed by atoms with Crippen LogP contribution in [-0.2, 0) is 19.6 Å². The van der Waals surface area contributed by atoms with Crippen molar-refractivity contribution >= 4 is 38.4 Å². The summed E-state index contributed by atoms with van der Waals surface area (Å²) in [4.78, 5) is 28.9. The van der Waals surface area contributed by atoms with Gasteiger partial charge in [0.05, 0.1) is 24.0 Å². The summed E-state index contributed by atoms with van der Waals surface area (Å²) in [5.74, 6) is -1.07. The summed E-state index contributed by atoms with van der Waals surface area (Å²) in [6.45, 7) is 6.12. The van der Waals surface area contributed by atoms with E-state index in [9.17, 15) is 18.0 Å². The van der Waals surface area contributed by atoms with Gasteiger partial charge in [0.1, 0.15) is 4.88 Å². The van der Waals surface area contributed by atoms with Gasteiger partial charge in [-0.15, -0.1) is 0 Å². The highest BCUT2D eigenvalue weighted by molar-refractivity contribution is 7.89. The predicted molar refractivity (Wildman–Crippen MR) is 99.8 cm³/mol. The van der Waals surface area contributed by atoms with Crippen molar-refractivity contribution in [3.8, 4) is 0 Å². The number of anilines is 1. The van der Waals surface area contributed by atoms with Gasteiger partial charge >= 0.3 is 5.97 Å². The molecule has 0 radical (unpaired) electrons. The average Bonchev–Trinajstić information content (AvgIpc) is 2.95. The molecule has 146 valence electrons. The number of ether oxygens (including phenoxy) is 1. The van der Waals surface area contributed by atoms with Gasteiger partial charge in [-0.2, -0.15) is 0 Å². The molecule has 0 aromatic carbocycles. The van der Waals surface area contributed by atoms with Crippen molar-refractivity contribution in [1.29, 1.82) is 0 Å². The molecule has 0 saturated carbocycles. The standard InChI is InChI=1S/C16H25N3O5S2/c1-4-9-26(22,23)19-8-6-7-12(10-19)14(20)18-16-17-11(3)13(25-16)15(21)24-5-2/h12H,4-10H2,1-3H3,(H,17,18,20). The molecule has 2 heterocycles. The lowest BCUT2D eigenvalue weighted by molar-refractivity contribution is -0.120. The number of hydrogen-bond donors (Lipinski definition) is 1. The number of sulfonamides is 1. The topological polar surface area (TPSA) is 106 Å². The highest BCUT2D eigenvalue weighted by Gasteiger charge is 2.32. The number of thiazole rings is 1. The van der Waals surface area contributed by atoms with Gasteiger partial charge in [0, 0.05) is 13.1 Å². The zero-order chi connectivity index (χ0) is 19.3. The van der Waals surface area contributed by atoms with Crippen LogP contribution < -0.4 is 5.32 Å². The number of amides is 1. The number of rotatable bonds is 7. The Morgan fingerprint density at radius 2 is 2.12 bits per heavy atom. The first kappa shape index (κ1) is 20.8. The van der Waals surface area contributed by atoms with Crippen LogP contribution in [0.2, 0.25) is 0 Å². The van der Waals surface area contributed by atoms with Gasteiger partial charge in [-0.25, -0.2) is 22.5 Å². The second-order valence-electron chi connectivity index (χ2n) is 6.16. The first-order valence-corrected chi connectivity index (χ1v) is 11.1. The normalized spacial score (nSPS) is 18.5. The smallest absolute Gasteiger partial charge is 0.350 e. The number of esters is 1. The number of nitrogens with zero attached hydrogens (tertiary/aromatic N) is 2. The lowest BCUT2D eigenvalue weighted by Gasteiger charge is -2.30. The molecule has 0 aliphatic carbocycles. The molecule has 1 saturated heterocycles. The largest absolute Gasteiger partial charge is 0.462 e. The highest BCUT2D eigenvalue weighted by atomic mass is 32.2. The molecule has 1 aliphatic rings. The number of piperidine rings is 1. The second-order valence-corrected chi connectivity index (χ2v) is 9.24. The van der Waals surface area contributed by atoms with Gasteiger partial charge in [-0.3, -0.25) is 4.79 Å². The van der Waals surface area contributed by atoms with Crippen LogP contribution >= 0.6 is 11.3 Å². The summed E-state index contributed by atoms with van der Waals surface area (Å²) in [6.07, 6.45) is 1.82. The zero-order valence-electron chi connectivity index (χ0n) is 15.3. The summed E-state index contributed by atoms with van der Waals surface area (Å²) >= 11 is 1.06. The summed E-state index contributed by atoms with van der Waals surface area (Å²) in [5.41, 5.74) is 0.500. The van der Waals surface area contributed by atoms with Crippen LogP contribution in [0, 0.1) is 12.8 Å². The molecule has 8 nitrogen and oxygen atoms in total. The highest BCUT2D eigenvalue weighted by Crippen LogP contribution is 2.26. The van der Waals surface area contributed by atoms with Crippen LogP contribution in [0.4, 0.5) is 5.13 Å². The Kier molecular flexibility index (Phi) is 7.13. The van der Waals surface area contributed by atoms with Gasteiger partial charge in [0.2, 0.25) is 15.9 Å². The molecule has 1 aromatic heterocycles. The fourth-order valence-electron chi connectivity index (χ4n) is 2.84. The monoisotopic (exact) mass is 403 g/mol. The third kappa shape index (κ3) is 5.01. The van der Waals surface area contributed by atoms with E-state index < -0.39 is 21.9 Å². The fraction of sp³-hybridized carbons (Fsp3) is 0.688. The molecule has 1 aromatic rings. The lowest BCUT2D eigenvalue weighted by atomic mass is 9.99. The molecule has 1 fully saturated rings. The van der Waals surface area contributed by atoms with Gasteiger partial charge in [0.25, 0.3) is 0 Å². The molecule has 1 unspecified atom stereocenters. The predicted octanol–water partition coefficient (Wildman–Crippen LogP) is 2.02. The van der Waals surface area contributed by atoms with Crippen molar-refractivity contribution in [2.24, 2.45) is 5.92 Å². The van der Waals surface area contributed by atoms with Crippen LogP contribution in [0.15, 0.2) is 0 Å². The van der Waals surface area contributed by atoms with Gasteiger partial charge in [0.15, 0.2) is 5.13 Å². The van der Waals surface area contributed by atoms with E-state index in [1.165, 1.54) is 4.31 Å². The van der Waals surface area contributed by atoms with Crippen LogP contribution in [0.3, 0.4) is 0 Å². The summed E-state index contributed by atoms with van der Waals surface area (Å²) < 4.78 is 30.8. The minimum atomic E-state index is -3.31. The van der Waals surface area contributed by atoms with E-state index in [1.54, 1.807) is 13.8 Å². The SMILES string of the molecule is CCCS(=O)(=O)N1CCCC(C(=O)Nc2nc(C)c(C(=O)OCC)s2)C1. The van der Waals surface area contributed by atoms with E-state index in [1.807, 2.05) is 6.92 Å². The number of carbonyl (C=O) groups excluding carboxylic acids is 2. The van der Waals surface area contributed by atoms with Crippen molar-refractivity contribution in [3.63, 3.8) is 0 Å². The molecule has 0 bridgehead atoms. The van der Waals surface area contributed by atoms with Crippen LogP contribution in [-0.4, -0.2) is 55.0 Å². The third-order valence-electron chi connectivity index (χ3n) is 4.10. The van der Waals surface area contributed by atoms with E-state index in [4.69, 9.17) is 4.74 Å². The molecule has 1 atom stereocenters. The number of hydrogen-bond acceptors (Lipinski definition) is 7. The molecule has 2 rings (SSSR count). The van der Waals surface area contributed by atoms with Gasteiger partial charge in [-0.1, -0.05) is 18.3 Å². The molecular formula is C16H25N3O5S2. The summed E-state index contributed by atoms with van der Waals surface area (Å²) in [5, 5.41) is 3.04. The first-order chi connectivity index (χ1) is 12.3. The molecule has 0 spiro atoms. The maximum absolute atomic E-state index is 12.5. The number of aryl methyl sites for hydroxylation is 1. The molecule has 1 aliphatic heterocycles. The molecule has 26 heavy (non-hydrogen) atoms. The summed E-state index contributed by atoms with van der Waals surface area (Å²) in [6, 6.07) is 0. The van der Waals surface area contributed by atoms with Crippen molar-refractivity contribution < 1.29 is 22.7 Å². The van der Waals surface area contributed by atoms with E-state index in [0.29, 0.717) is 41.5 Å². The molecule has 10 heteroatoms. The summed E-state index contributed by atoms with van der Waals surface area (Å²) in [7, 11) is -3.31. The number of aromatic nitrogens is 1. The Bertz CT molecular complexity index is 760. The minimum absolute atomic E-state index is 0.0932. The van der Waals surface area contributed by atoms with Crippen molar-refractivity contribution in [3.05, 3.63) is 10.6 Å². The molecular weight excluding hydrogens is 378 g/mol.